The lowest BCUT2D eigenvalue weighted by Gasteiger charge is -2.34. The third kappa shape index (κ3) is 4.25. The van der Waals surface area contributed by atoms with Gasteiger partial charge in [-0.05, 0) is 25.2 Å². The zero-order chi connectivity index (χ0) is 12.2. The highest BCUT2D eigenvalue weighted by atomic mass is 32.2. The molecule has 0 saturated heterocycles. The van der Waals surface area contributed by atoms with Crippen molar-refractivity contribution in [1.82, 2.24) is 0 Å². The van der Waals surface area contributed by atoms with E-state index < -0.39 is 10.9 Å². The van der Waals surface area contributed by atoms with Gasteiger partial charge in [-0.15, -0.1) is 0 Å². The third-order valence-corrected chi connectivity index (χ3v) is 3.91. The molecular weight excluding hydrogens is 235 g/mol. The van der Waals surface area contributed by atoms with Gasteiger partial charge in [-0.2, -0.15) is 18.4 Å². The number of nitriles is 1. The minimum Gasteiger partial charge on any atom is -0.198 e. The highest BCUT2D eigenvalue weighted by molar-refractivity contribution is 8.00. The van der Waals surface area contributed by atoms with Crippen LogP contribution < -0.4 is 0 Å². The molecule has 0 aromatic rings. The average molecular weight is 251 g/mol. The minimum atomic E-state index is -4.17. The molecule has 1 rings (SSSR count). The van der Waals surface area contributed by atoms with Gasteiger partial charge in [0.2, 0.25) is 0 Å². The summed E-state index contributed by atoms with van der Waals surface area (Å²) in [4.78, 5) is 0. The van der Waals surface area contributed by atoms with Gasteiger partial charge in [-0.3, -0.25) is 0 Å². The zero-order valence-electron chi connectivity index (χ0n) is 9.31. The van der Waals surface area contributed by atoms with Gasteiger partial charge in [-0.25, -0.2) is 0 Å². The van der Waals surface area contributed by atoms with Crippen molar-refractivity contribution in [3.63, 3.8) is 0 Å². The van der Waals surface area contributed by atoms with Crippen molar-refractivity contribution in [3.05, 3.63) is 0 Å². The van der Waals surface area contributed by atoms with Crippen molar-refractivity contribution in [2.75, 3.05) is 5.75 Å². The van der Waals surface area contributed by atoms with Gasteiger partial charge >= 0.3 is 5.51 Å². The molecule has 0 amide bonds. The predicted molar refractivity (Wildman–Crippen MR) is 58.8 cm³/mol. The number of rotatable bonds is 3. The van der Waals surface area contributed by atoms with E-state index in [0.717, 1.165) is 25.7 Å². The highest BCUT2D eigenvalue weighted by Crippen LogP contribution is 2.43. The van der Waals surface area contributed by atoms with E-state index in [-0.39, 0.29) is 17.5 Å². The number of hydrogen-bond acceptors (Lipinski definition) is 2. The Morgan fingerprint density at radius 2 is 2.19 bits per heavy atom. The summed E-state index contributed by atoms with van der Waals surface area (Å²) in [7, 11) is 0. The molecule has 2 atom stereocenters. The summed E-state index contributed by atoms with van der Waals surface area (Å²) < 4.78 is 36.0. The van der Waals surface area contributed by atoms with Crippen LogP contribution in [0.25, 0.3) is 0 Å². The van der Waals surface area contributed by atoms with E-state index in [0.29, 0.717) is 12.3 Å². The lowest BCUT2D eigenvalue weighted by molar-refractivity contribution is -0.0329. The van der Waals surface area contributed by atoms with E-state index in [1.54, 1.807) is 0 Å². The predicted octanol–water partition coefficient (Wildman–Crippen LogP) is 4.35. The topological polar surface area (TPSA) is 23.8 Å². The molecule has 0 aromatic carbocycles. The van der Waals surface area contributed by atoms with Crippen molar-refractivity contribution in [2.24, 2.45) is 11.3 Å². The fourth-order valence-electron chi connectivity index (χ4n) is 2.41. The Hall–Kier alpha value is -0.370. The fraction of sp³-hybridized carbons (Fsp3) is 0.909. The minimum absolute atomic E-state index is 0.00375. The first kappa shape index (κ1) is 13.7. The molecular formula is C11H16F3NS. The van der Waals surface area contributed by atoms with Crippen LogP contribution in [0.4, 0.5) is 13.2 Å². The number of halogens is 3. The summed E-state index contributed by atoms with van der Waals surface area (Å²) >= 11 is -0.00875. The standard InChI is InChI=1S/C11H16F3NS/c1-9-3-2-4-10(7-9,8-15)5-6-16-11(12,13)14/h9H,2-7H2,1H3. The summed E-state index contributed by atoms with van der Waals surface area (Å²) in [6.45, 7) is 2.07. The van der Waals surface area contributed by atoms with Gasteiger partial charge in [0.25, 0.3) is 0 Å². The maximum atomic E-state index is 12.0. The SMILES string of the molecule is CC1CCCC(C#N)(CCSC(F)(F)F)C1. The van der Waals surface area contributed by atoms with E-state index in [1.807, 2.05) is 0 Å². The number of thioether (sulfide) groups is 1. The van der Waals surface area contributed by atoms with Crippen molar-refractivity contribution in [1.29, 1.82) is 5.26 Å². The molecule has 1 saturated carbocycles. The average Bonchev–Trinajstić information content (AvgIpc) is 2.16. The van der Waals surface area contributed by atoms with Crippen molar-refractivity contribution < 1.29 is 13.2 Å². The quantitative estimate of drug-likeness (QED) is 0.744. The maximum Gasteiger partial charge on any atom is 0.441 e. The molecule has 1 aliphatic rings. The molecule has 0 radical (unpaired) electrons. The smallest absolute Gasteiger partial charge is 0.198 e. The summed E-state index contributed by atoms with van der Waals surface area (Å²) in [5, 5.41) is 9.15. The van der Waals surface area contributed by atoms with Gasteiger partial charge in [0.05, 0.1) is 11.5 Å². The third-order valence-electron chi connectivity index (χ3n) is 3.17. The lowest BCUT2D eigenvalue weighted by atomic mass is 9.69. The Morgan fingerprint density at radius 3 is 2.69 bits per heavy atom. The fourth-order valence-corrected chi connectivity index (χ4v) is 3.13. The van der Waals surface area contributed by atoms with Crippen LogP contribution in [0.2, 0.25) is 0 Å². The largest absolute Gasteiger partial charge is 0.441 e. The summed E-state index contributed by atoms with van der Waals surface area (Å²) in [6.07, 6.45) is 3.92. The molecule has 1 aliphatic carbocycles. The molecule has 16 heavy (non-hydrogen) atoms. The summed E-state index contributed by atoms with van der Waals surface area (Å²) in [6, 6.07) is 2.25. The number of nitrogens with zero attached hydrogens (tertiary/aromatic N) is 1. The Bertz CT molecular complexity index is 271. The van der Waals surface area contributed by atoms with Crippen LogP contribution in [-0.4, -0.2) is 11.3 Å². The first-order chi connectivity index (χ1) is 7.37. The second-order valence-electron chi connectivity index (χ2n) is 4.64. The molecule has 1 fully saturated rings. The summed E-state index contributed by atoms with van der Waals surface area (Å²) in [5.41, 5.74) is -4.67. The van der Waals surface area contributed by atoms with Crippen molar-refractivity contribution in [3.8, 4) is 6.07 Å². The normalized spacial score (nSPS) is 31.1. The van der Waals surface area contributed by atoms with Crippen LogP contribution in [0.15, 0.2) is 0 Å². The lowest BCUT2D eigenvalue weighted by Crippen LogP contribution is -2.27. The van der Waals surface area contributed by atoms with E-state index in [1.165, 1.54) is 0 Å². The first-order valence-electron chi connectivity index (χ1n) is 5.49. The number of alkyl halides is 3. The Balaban J connectivity index is 2.45. The van der Waals surface area contributed by atoms with Crippen LogP contribution >= 0.6 is 11.8 Å². The van der Waals surface area contributed by atoms with E-state index in [9.17, 15) is 13.2 Å². The molecule has 92 valence electrons. The number of hydrogen-bond donors (Lipinski definition) is 0. The van der Waals surface area contributed by atoms with Gasteiger partial charge in [0, 0.05) is 5.75 Å². The molecule has 5 heteroatoms. The summed E-state index contributed by atoms with van der Waals surface area (Å²) in [5.74, 6) is 0.466. The first-order valence-corrected chi connectivity index (χ1v) is 6.47. The Kier molecular flexibility index (Phi) is 4.54. The monoisotopic (exact) mass is 251 g/mol. The van der Waals surface area contributed by atoms with E-state index in [4.69, 9.17) is 5.26 Å². The van der Waals surface area contributed by atoms with Crippen molar-refractivity contribution in [2.45, 2.75) is 44.5 Å². The van der Waals surface area contributed by atoms with Gasteiger partial charge < -0.3 is 0 Å². The van der Waals surface area contributed by atoms with Crippen LogP contribution in [0.5, 0.6) is 0 Å². The maximum absolute atomic E-state index is 12.0. The Labute approximate surface area is 98.4 Å². The van der Waals surface area contributed by atoms with Crippen LogP contribution in [0.3, 0.4) is 0 Å². The molecule has 2 unspecified atom stereocenters. The second-order valence-corrected chi connectivity index (χ2v) is 5.80. The molecule has 0 heterocycles. The van der Waals surface area contributed by atoms with Gasteiger partial charge in [0.1, 0.15) is 0 Å². The van der Waals surface area contributed by atoms with Crippen LogP contribution in [0.1, 0.15) is 39.0 Å². The highest BCUT2D eigenvalue weighted by Gasteiger charge is 2.36. The van der Waals surface area contributed by atoms with Gasteiger partial charge in [-0.1, -0.05) is 31.5 Å². The Morgan fingerprint density at radius 1 is 1.50 bits per heavy atom. The van der Waals surface area contributed by atoms with Gasteiger partial charge in [0.15, 0.2) is 0 Å². The van der Waals surface area contributed by atoms with Crippen LogP contribution in [0, 0.1) is 22.7 Å². The molecule has 0 spiro atoms. The van der Waals surface area contributed by atoms with E-state index in [2.05, 4.69) is 13.0 Å². The second kappa shape index (κ2) is 5.31. The molecule has 0 N–H and O–H groups in total. The molecule has 1 nitrogen and oxygen atoms in total. The van der Waals surface area contributed by atoms with Crippen LogP contribution in [-0.2, 0) is 0 Å². The van der Waals surface area contributed by atoms with Crippen molar-refractivity contribution >= 4 is 11.8 Å². The molecule has 0 aliphatic heterocycles. The zero-order valence-corrected chi connectivity index (χ0v) is 10.1. The molecule has 0 aromatic heterocycles. The van der Waals surface area contributed by atoms with E-state index >= 15 is 0 Å². The molecule has 0 bridgehead atoms.